The van der Waals surface area contributed by atoms with Crippen LogP contribution in [0.5, 0.6) is 0 Å². The van der Waals surface area contributed by atoms with Crippen LogP contribution in [0.1, 0.15) is 12.1 Å². The fraction of sp³-hybridized carbons (Fsp3) is 0.462. The third kappa shape index (κ3) is 6.42. The monoisotopic (exact) mass is 297 g/mol. The first-order valence-electron chi connectivity index (χ1n) is 6.29. The fourth-order valence-corrected chi connectivity index (χ4v) is 2.02. The molecular formula is C13H19N3O3S. The molecule has 1 aromatic rings. The second kappa shape index (κ2) is 9.19. The van der Waals surface area contributed by atoms with E-state index in [9.17, 15) is 9.59 Å². The van der Waals surface area contributed by atoms with Crippen LogP contribution in [0.2, 0.25) is 0 Å². The van der Waals surface area contributed by atoms with Gasteiger partial charge in [0.05, 0.1) is 0 Å². The zero-order chi connectivity index (χ0) is 14.8. The van der Waals surface area contributed by atoms with E-state index in [4.69, 9.17) is 5.11 Å². The number of carboxylic acids is 1. The molecule has 0 aromatic carbocycles. The van der Waals surface area contributed by atoms with E-state index in [-0.39, 0.29) is 0 Å². The second-order valence-corrected chi connectivity index (χ2v) is 5.13. The Bertz CT molecular complexity index is 428. The van der Waals surface area contributed by atoms with Crippen molar-refractivity contribution in [1.82, 2.24) is 15.6 Å². The van der Waals surface area contributed by atoms with Gasteiger partial charge in [-0.3, -0.25) is 4.98 Å². The van der Waals surface area contributed by atoms with E-state index in [1.54, 1.807) is 18.0 Å². The SMILES string of the molecule is CSCC[C@@H](NC(=O)NCCc1ccccn1)C(=O)O. The smallest absolute Gasteiger partial charge is 0.326 e. The van der Waals surface area contributed by atoms with Crippen LogP contribution < -0.4 is 10.6 Å². The maximum Gasteiger partial charge on any atom is 0.326 e. The molecule has 1 heterocycles. The summed E-state index contributed by atoms with van der Waals surface area (Å²) in [7, 11) is 0. The molecule has 1 rings (SSSR count). The Balaban J connectivity index is 2.29. The van der Waals surface area contributed by atoms with E-state index in [0.29, 0.717) is 25.1 Å². The van der Waals surface area contributed by atoms with Gasteiger partial charge in [0.15, 0.2) is 0 Å². The van der Waals surface area contributed by atoms with Gasteiger partial charge in [0, 0.05) is 24.9 Å². The Kier molecular flexibility index (Phi) is 7.49. The highest BCUT2D eigenvalue weighted by Crippen LogP contribution is 2.01. The molecule has 0 aliphatic carbocycles. The largest absolute Gasteiger partial charge is 0.480 e. The number of aromatic nitrogens is 1. The minimum absolute atomic E-state index is 0.407. The number of hydrogen-bond donors (Lipinski definition) is 3. The second-order valence-electron chi connectivity index (χ2n) is 4.14. The molecule has 2 amide bonds. The molecule has 6 nitrogen and oxygen atoms in total. The van der Waals surface area contributed by atoms with Gasteiger partial charge in [-0.1, -0.05) is 6.07 Å². The predicted octanol–water partition coefficient (Wildman–Crippen LogP) is 1.13. The molecule has 20 heavy (non-hydrogen) atoms. The van der Waals surface area contributed by atoms with Crippen LogP contribution in [0.15, 0.2) is 24.4 Å². The fourth-order valence-electron chi connectivity index (χ4n) is 1.55. The number of aliphatic carboxylic acids is 1. The summed E-state index contributed by atoms with van der Waals surface area (Å²) in [6, 6.07) is 4.27. The number of urea groups is 1. The van der Waals surface area contributed by atoms with E-state index in [1.807, 2.05) is 24.5 Å². The lowest BCUT2D eigenvalue weighted by atomic mass is 10.2. The Morgan fingerprint density at radius 2 is 2.25 bits per heavy atom. The van der Waals surface area contributed by atoms with Gasteiger partial charge in [-0.2, -0.15) is 11.8 Å². The van der Waals surface area contributed by atoms with Gasteiger partial charge in [-0.05, 0) is 30.6 Å². The predicted molar refractivity (Wildman–Crippen MR) is 78.9 cm³/mol. The van der Waals surface area contributed by atoms with E-state index in [1.165, 1.54) is 0 Å². The highest BCUT2D eigenvalue weighted by Gasteiger charge is 2.18. The number of thioether (sulfide) groups is 1. The van der Waals surface area contributed by atoms with Crippen molar-refractivity contribution < 1.29 is 14.7 Å². The summed E-state index contributed by atoms with van der Waals surface area (Å²) in [4.78, 5) is 26.7. The number of nitrogens with one attached hydrogen (secondary N) is 2. The average Bonchev–Trinajstić information content (AvgIpc) is 2.44. The normalized spacial score (nSPS) is 11.7. The van der Waals surface area contributed by atoms with Gasteiger partial charge in [0.2, 0.25) is 0 Å². The minimum Gasteiger partial charge on any atom is -0.480 e. The van der Waals surface area contributed by atoms with Crippen molar-refractivity contribution in [2.75, 3.05) is 18.6 Å². The van der Waals surface area contributed by atoms with Gasteiger partial charge in [0.25, 0.3) is 0 Å². The van der Waals surface area contributed by atoms with Crippen LogP contribution in [0.25, 0.3) is 0 Å². The summed E-state index contributed by atoms with van der Waals surface area (Å²) in [6.45, 7) is 0.414. The molecule has 110 valence electrons. The molecule has 0 bridgehead atoms. The van der Waals surface area contributed by atoms with Crippen LogP contribution in [-0.2, 0) is 11.2 Å². The number of carbonyl (C=O) groups is 2. The number of pyridine rings is 1. The Morgan fingerprint density at radius 3 is 2.85 bits per heavy atom. The number of carboxylic acid groups (broad SMARTS) is 1. The molecule has 7 heteroatoms. The van der Waals surface area contributed by atoms with Crippen molar-refractivity contribution in [1.29, 1.82) is 0 Å². The molecule has 0 unspecified atom stereocenters. The summed E-state index contributed by atoms with van der Waals surface area (Å²) in [6.07, 6.45) is 4.60. The van der Waals surface area contributed by atoms with Crippen molar-refractivity contribution >= 4 is 23.8 Å². The van der Waals surface area contributed by atoms with Gasteiger partial charge >= 0.3 is 12.0 Å². The van der Waals surface area contributed by atoms with Crippen LogP contribution in [0, 0.1) is 0 Å². The molecule has 0 radical (unpaired) electrons. The minimum atomic E-state index is -1.01. The maximum atomic E-state index is 11.6. The maximum absolute atomic E-state index is 11.6. The van der Waals surface area contributed by atoms with Crippen LogP contribution in [0.3, 0.4) is 0 Å². The number of carbonyl (C=O) groups excluding carboxylic acids is 1. The summed E-state index contributed by atoms with van der Waals surface area (Å²) >= 11 is 1.55. The number of hydrogen-bond acceptors (Lipinski definition) is 4. The first-order valence-corrected chi connectivity index (χ1v) is 7.69. The van der Waals surface area contributed by atoms with Crippen molar-refractivity contribution in [2.45, 2.75) is 18.9 Å². The van der Waals surface area contributed by atoms with Crippen LogP contribution in [0.4, 0.5) is 4.79 Å². The first-order chi connectivity index (χ1) is 9.63. The number of rotatable bonds is 8. The zero-order valence-electron chi connectivity index (χ0n) is 11.3. The van der Waals surface area contributed by atoms with Gasteiger partial charge in [-0.15, -0.1) is 0 Å². The van der Waals surface area contributed by atoms with E-state index in [0.717, 1.165) is 5.69 Å². The molecular weight excluding hydrogens is 278 g/mol. The highest BCUT2D eigenvalue weighted by atomic mass is 32.2. The van der Waals surface area contributed by atoms with E-state index < -0.39 is 18.0 Å². The Hall–Kier alpha value is -1.76. The van der Waals surface area contributed by atoms with Gasteiger partial charge < -0.3 is 15.7 Å². The Morgan fingerprint density at radius 1 is 1.45 bits per heavy atom. The molecule has 3 N–H and O–H groups in total. The topological polar surface area (TPSA) is 91.3 Å². The van der Waals surface area contributed by atoms with Crippen molar-refractivity contribution in [3.05, 3.63) is 30.1 Å². The molecule has 0 saturated carbocycles. The lowest BCUT2D eigenvalue weighted by Crippen LogP contribution is -2.46. The number of amides is 2. The lowest BCUT2D eigenvalue weighted by Gasteiger charge is -2.14. The molecule has 1 atom stereocenters. The molecule has 0 fully saturated rings. The third-order valence-corrected chi connectivity index (χ3v) is 3.25. The summed E-state index contributed by atoms with van der Waals surface area (Å²) in [5, 5.41) is 14.1. The van der Waals surface area contributed by atoms with Crippen LogP contribution >= 0.6 is 11.8 Å². The summed E-state index contributed by atoms with van der Waals surface area (Å²) < 4.78 is 0. The van der Waals surface area contributed by atoms with Gasteiger partial charge in [0.1, 0.15) is 6.04 Å². The molecule has 0 aliphatic rings. The quantitative estimate of drug-likeness (QED) is 0.669. The van der Waals surface area contributed by atoms with Crippen molar-refractivity contribution in [2.24, 2.45) is 0 Å². The molecule has 1 aromatic heterocycles. The molecule has 0 saturated heterocycles. The molecule has 0 aliphatic heterocycles. The summed E-state index contributed by atoms with van der Waals surface area (Å²) in [5.74, 6) is -0.329. The van der Waals surface area contributed by atoms with E-state index in [2.05, 4.69) is 15.6 Å². The standard InChI is InChI=1S/C13H19N3O3S/c1-20-9-6-11(12(17)18)16-13(19)15-8-5-10-4-2-3-7-14-10/h2-4,7,11H,5-6,8-9H2,1H3,(H,17,18)(H2,15,16,19)/t11-/m1/s1. The van der Waals surface area contributed by atoms with Crippen molar-refractivity contribution in [3.8, 4) is 0 Å². The van der Waals surface area contributed by atoms with Crippen molar-refractivity contribution in [3.63, 3.8) is 0 Å². The highest BCUT2D eigenvalue weighted by molar-refractivity contribution is 7.98. The summed E-state index contributed by atoms with van der Waals surface area (Å²) in [5.41, 5.74) is 0.880. The third-order valence-electron chi connectivity index (χ3n) is 2.61. The first kappa shape index (κ1) is 16.3. The zero-order valence-corrected chi connectivity index (χ0v) is 12.2. The Labute approximate surface area is 122 Å². The van der Waals surface area contributed by atoms with Crippen LogP contribution in [-0.4, -0.2) is 46.7 Å². The number of nitrogens with zero attached hydrogens (tertiary/aromatic N) is 1. The van der Waals surface area contributed by atoms with Gasteiger partial charge in [-0.25, -0.2) is 9.59 Å². The average molecular weight is 297 g/mol. The molecule has 0 spiro atoms. The lowest BCUT2D eigenvalue weighted by molar-refractivity contribution is -0.139. The van der Waals surface area contributed by atoms with E-state index >= 15 is 0 Å².